The van der Waals surface area contributed by atoms with Crippen LogP contribution in [0.25, 0.3) is 0 Å². The van der Waals surface area contributed by atoms with Gasteiger partial charge in [0.25, 0.3) is 0 Å². The van der Waals surface area contributed by atoms with Crippen LogP contribution in [-0.2, 0) is 4.79 Å². The molecule has 0 bridgehead atoms. The van der Waals surface area contributed by atoms with E-state index in [1.807, 2.05) is 31.2 Å². The minimum absolute atomic E-state index is 0.0478. The number of nitrogens with one attached hydrogen (secondary N) is 1. The van der Waals surface area contributed by atoms with Gasteiger partial charge < -0.3 is 15.8 Å². The molecule has 4 heteroatoms. The highest BCUT2D eigenvalue weighted by molar-refractivity contribution is 5.92. The molecule has 0 spiro atoms. The van der Waals surface area contributed by atoms with Gasteiger partial charge in [0.1, 0.15) is 5.75 Å². The summed E-state index contributed by atoms with van der Waals surface area (Å²) in [7, 11) is 0. The highest BCUT2D eigenvalue weighted by Gasteiger charge is 2.14. The van der Waals surface area contributed by atoms with Crippen LogP contribution in [0.15, 0.2) is 24.3 Å². The number of benzene rings is 1. The van der Waals surface area contributed by atoms with Gasteiger partial charge in [0.05, 0.1) is 6.61 Å². The minimum Gasteiger partial charge on any atom is -0.493 e. The summed E-state index contributed by atoms with van der Waals surface area (Å²) >= 11 is 0. The van der Waals surface area contributed by atoms with E-state index in [1.54, 1.807) is 0 Å². The molecule has 1 aromatic rings. The molecule has 2 rings (SSSR count). The van der Waals surface area contributed by atoms with Gasteiger partial charge in [0, 0.05) is 18.2 Å². The molecule has 4 nitrogen and oxygen atoms in total. The third-order valence-corrected chi connectivity index (χ3v) is 4.13. The SMILES string of the molecule is CC(CN)C(=O)Nc1ccc(OCC2CCCCC2)cc1. The Balaban J connectivity index is 1.79. The Morgan fingerprint density at radius 1 is 1.29 bits per heavy atom. The van der Waals surface area contributed by atoms with Crippen molar-refractivity contribution in [2.24, 2.45) is 17.6 Å². The molecule has 116 valence electrons. The molecule has 0 radical (unpaired) electrons. The largest absolute Gasteiger partial charge is 0.493 e. The molecule has 21 heavy (non-hydrogen) atoms. The second-order valence-electron chi connectivity index (χ2n) is 5.97. The van der Waals surface area contributed by atoms with Gasteiger partial charge >= 0.3 is 0 Å². The zero-order valence-corrected chi connectivity index (χ0v) is 12.8. The Bertz CT molecular complexity index is 439. The molecule has 1 aliphatic carbocycles. The Hall–Kier alpha value is -1.55. The third kappa shape index (κ3) is 5.05. The number of hydrogen-bond donors (Lipinski definition) is 2. The maximum atomic E-state index is 11.7. The van der Waals surface area contributed by atoms with E-state index in [0.717, 1.165) is 18.0 Å². The quantitative estimate of drug-likeness (QED) is 0.845. The van der Waals surface area contributed by atoms with Crippen molar-refractivity contribution in [2.75, 3.05) is 18.5 Å². The zero-order valence-electron chi connectivity index (χ0n) is 12.8. The van der Waals surface area contributed by atoms with E-state index in [1.165, 1.54) is 32.1 Å². The lowest BCUT2D eigenvalue weighted by molar-refractivity contribution is -0.119. The van der Waals surface area contributed by atoms with Crippen LogP contribution in [0.4, 0.5) is 5.69 Å². The Labute approximate surface area is 127 Å². The van der Waals surface area contributed by atoms with Crippen molar-refractivity contribution in [1.29, 1.82) is 0 Å². The Kier molecular flexibility index (Phi) is 6.05. The summed E-state index contributed by atoms with van der Waals surface area (Å²) in [5.41, 5.74) is 6.26. The minimum atomic E-state index is -0.174. The standard InChI is InChI=1S/C17H26N2O2/c1-13(11-18)17(20)19-15-7-9-16(10-8-15)21-12-14-5-3-2-4-6-14/h7-10,13-14H,2-6,11-12,18H2,1H3,(H,19,20). The van der Waals surface area contributed by atoms with E-state index in [9.17, 15) is 4.79 Å². The first-order valence-electron chi connectivity index (χ1n) is 7.93. The highest BCUT2D eigenvalue weighted by Crippen LogP contribution is 2.25. The normalized spacial score (nSPS) is 17.2. The Morgan fingerprint density at radius 2 is 1.95 bits per heavy atom. The molecule has 1 atom stereocenters. The lowest BCUT2D eigenvalue weighted by atomic mass is 9.90. The predicted molar refractivity (Wildman–Crippen MR) is 85.4 cm³/mol. The maximum absolute atomic E-state index is 11.7. The number of carbonyl (C=O) groups is 1. The summed E-state index contributed by atoms with van der Waals surface area (Å²) in [6.07, 6.45) is 6.60. The van der Waals surface area contributed by atoms with E-state index in [-0.39, 0.29) is 11.8 Å². The summed E-state index contributed by atoms with van der Waals surface area (Å²) in [4.78, 5) is 11.7. The van der Waals surface area contributed by atoms with Crippen molar-refractivity contribution in [3.05, 3.63) is 24.3 Å². The van der Waals surface area contributed by atoms with Crippen molar-refractivity contribution in [3.8, 4) is 5.75 Å². The average molecular weight is 290 g/mol. The summed E-state index contributed by atoms with van der Waals surface area (Å²) in [5.74, 6) is 1.34. The van der Waals surface area contributed by atoms with Crippen molar-refractivity contribution < 1.29 is 9.53 Å². The number of nitrogens with two attached hydrogens (primary N) is 1. The summed E-state index contributed by atoms with van der Waals surface area (Å²) in [5, 5.41) is 2.85. The first-order chi connectivity index (χ1) is 10.2. The Morgan fingerprint density at radius 3 is 2.57 bits per heavy atom. The van der Waals surface area contributed by atoms with E-state index < -0.39 is 0 Å². The van der Waals surface area contributed by atoms with Crippen LogP contribution in [-0.4, -0.2) is 19.1 Å². The van der Waals surface area contributed by atoms with Crippen molar-refractivity contribution in [3.63, 3.8) is 0 Å². The van der Waals surface area contributed by atoms with Gasteiger partial charge in [0.2, 0.25) is 5.91 Å². The van der Waals surface area contributed by atoms with Gasteiger partial charge in [-0.3, -0.25) is 4.79 Å². The van der Waals surface area contributed by atoms with Crippen molar-refractivity contribution in [2.45, 2.75) is 39.0 Å². The first kappa shape index (κ1) is 15.8. The monoisotopic (exact) mass is 290 g/mol. The molecule has 3 N–H and O–H groups in total. The van der Waals surface area contributed by atoms with Crippen LogP contribution in [0.5, 0.6) is 5.75 Å². The highest BCUT2D eigenvalue weighted by atomic mass is 16.5. The van der Waals surface area contributed by atoms with Crippen LogP contribution in [0.1, 0.15) is 39.0 Å². The third-order valence-electron chi connectivity index (χ3n) is 4.13. The number of ether oxygens (including phenoxy) is 1. The lowest BCUT2D eigenvalue weighted by Gasteiger charge is -2.21. The van der Waals surface area contributed by atoms with E-state index >= 15 is 0 Å². The molecule has 0 saturated heterocycles. The maximum Gasteiger partial charge on any atom is 0.228 e. The molecule has 1 saturated carbocycles. The smallest absolute Gasteiger partial charge is 0.228 e. The molecule has 1 amide bonds. The topological polar surface area (TPSA) is 64.4 Å². The van der Waals surface area contributed by atoms with Crippen LogP contribution < -0.4 is 15.8 Å². The van der Waals surface area contributed by atoms with Crippen molar-refractivity contribution in [1.82, 2.24) is 0 Å². The summed E-state index contributed by atoms with van der Waals surface area (Å²) < 4.78 is 5.84. The van der Waals surface area contributed by atoms with E-state index in [4.69, 9.17) is 10.5 Å². The van der Waals surface area contributed by atoms with Crippen molar-refractivity contribution >= 4 is 11.6 Å². The molecule has 1 fully saturated rings. The number of hydrogen-bond acceptors (Lipinski definition) is 3. The van der Waals surface area contributed by atoms with Gasteiger partial charge in [-0.15, -0.1) is 0 Å². The number of rotatable bonds is 6. The predicted octanol–water partition coefficient (Wildman–Crippen LogP) is 3.18. The lowest BCUT2D eigenvalue weighted by Crippen LogP contribution is -2.26. The number of anilines is 1. The molecule has 1 unspecified atom stereocenters. The molecular weight excluding hydrogens is 264 g/mol. The zero-order chi connectivity index (χ0) is 15.1. The second kappa shape index (κ2) is 8.03. The average Bonchev–Trinajstić information content (AvgIpc) is 2.54. The number of carbonyl (C=O) groups excluding carboxylic acids is 1. The fraction of sp³-hybridized carbons (Fsp3) is 0.588. The number of amides is 1. The van der Waals surface area contributed by atoms with Gasteiger partial charge in [-0.2, -0.15) is 0 Å². The van der Waals surface area contributed by atoms with Gasteiger partial charge in [-0.1, -0.05) is 26.2 Å². The van der Waals surface area contributed by atoms with Gasteiger partial charge in [-0.25, -0.2) is 0 Å². The fourth-order valence-electron chi connectivity index (χ4n) is 2.57. The van der Waals surface area contributed by atoms with Crippen LogP contribution in [0.2, 0.25) is 0 Å². The van der Waals surface area contributed by atoms with Crippen LogP contribution in [0.3, 0.4) is 0 Å². The molecule has 0 heterocycles. The molecule has 0 aromatic heterocycles. The van der Waals surface area contributed by atoms with E-state index in [2.05, 4.69) is 5.32 Å². The molecule has 1 aliphatic rings. The van der Waals surface area contributed by atoms with Gasteiger partial charge in [-0.05, 0) is 43.0 Å². The fourth-order valence-corrected chi connectivity index (χ4v) is 2.57. The van der Waals surface area contributed by atoms with Crippen LogP contribution in [0, 0.1) is 11.8 Å². The molecule has 0 aliphatic heterocycles. The van der Waals surface area contributed by atoms with E-state index in [0.29, 0.717) is 12.5 Å². The van der Waals surface area contributed by atoms with Crippen LogP contribution >= 0.6 is 0 Å². The summed E-state index contributed by atoms with van der Waals surface area (Å²) in [6.45, 7) is 2.97. The first-order valence-corrected chi connectivity index (χ1v) is 7.93. The molecular formula is C17H26N2O2. The second-order valence-corrected chi connectivity index (χ2v) is 5.97. The van der Waals surface area contributed by atoms with Gasteiger partial charge in [0.15, 0.2) is 0 Å². The summed E-state index contributed by atoms with van der Waals surface area (Å²) in [6, 6.07) is 7.56. The molecule has 1 aromatic carbocycles.